The second kappa shape index (κ2) is 11.3. The fourth-order valence-corrected chi connectivity index (χ4v) is 3.83. The van der Waals surface area contributed by atoms with E-state index in [-0.39, 0.29) is 30.5 Å². The predicted octanol–water partition coefficient (Wildman–Crippen LogP) is 0.113. The van der Waals surface area contributed by atoms with Crippen LogP contribution in [0.2, 0.25) is 0 Å². The zero-order valence-corrected chi connectivity index (χ0v) is 20.2. The van der Waals surface area contributed by atoms with Crippen molar-refractivity contribution >= 4 is 47.0 Å². The minimum absolute atomic E-state index is 0.00684. The minimum Gasteiger partial charge on any atom is -0.469 e. The Morgan fingerprint density at radius 3 is 2.50 bits per heavy atom. The number of ether oxygens (including phenoxy) is 2. The molecule has 3 rings (SSSR count). The van der Waals surface area contributed by atoms with E-state index in [1.54, 1.807) is 24.3 Å². The zero-order valence-electron chi connectivity index (χ0n) is 20.2. The Bertz CT molecular complexity index is 1150. The van der Waals surface area contributed by atoms with E-state index in [1.165, 1.54) is 14.2 Å². The van der Waals surface area contributed by atoms with Gasteiger partial charge in [-0.15, -0.1) is 0 Å². The van der Waals surface area contributed by atoms with Gasteiger partial charge in [-0.05, 0) is 37.1 Å². The number of rotatable bonds is 9. The zero-order chi connectivity index (χ0) is 26.4. The maximum Gasteiger partial charge on any atom is 0.328 e. The van der Waals surface area contributed by atoms with E-state index >= 15 is 0 Å². The molecule has 1 aliphatic heterocycles. The number of nitrogens with zero attached hydrogens (tertiary/aromatic N) is 3. The third-order valence-electron chi connectivity index (χ3n) is 5.84. The predicted molar refractivity (Wildman–Crippen MR) is 131 cm³/mol. The van der Waals surface area contributed by atoms with Gasteiger partial charge in [0, 0.05) is 36.8 Å². The van der Waals surface area contributed by atoms with Gasteiger partial charge in [-0.3, -0.25) is 14.4 Å². The molecule has 2 atom stereocenters. The fraction of sp³-hybridized carbons (Fsp3) is 0.391. The molecule has 13 heteroatoms. The Kier molecular flexibility index (Phi) is 8.25. The van der Waals surface area contributed by atoms with Gasteiger partial charge >= 0.3 is 11.9 Å². The molecule has 0 radical (unpaired) electrons. The molecule has 13 nitrogen and oxygen atoms in total. The molecule has 6 N–H and O–H groups in total. The van der Waals surface area contributed by atoms with Gasteiger partial charge in [-0.2, -0.15) is 9.97 Å². The third kappa shape index (κ3) is 6.17. The molecule has 0 saturated heterocycles. The SMILES string of the molecule is COC(=O)CC[C@H](NC(=O)c1ccc(N(C)CC2Cc3c(N)nc(N)nc3NC2=O)cc1)C(=O)OC. The van der Waals surface area contributed by atoms with Gasteiger partial charge in [0.15, 0.2) is 0 Å². The molecule has 1 aromatic carbocycles. The number of hydrogen-bond acceptors (Lipinski definition) is 11. The highest BCUT2D eigenvalue weighted by Gasteiger charge is 2.30. The van der Waals surface area contributed by atoms with Crippen molar-refractivity contribution in [3.63, 3.8) is 0 Å². The molecule has 0 fully saturated rings. The Morgan fingerprint density at radius 2 is 1.86 bits per heavy atom. The number of carbonyl (C=O) groups excluding carboxylic acids is 4. The van der Waals surface area contributed by atoms with Crippen LogP contribution in [0.3, 0.4) is 0 Å². The molecule has 1 aliphatic rings. The van der Waals surface area contributed by atoms with Crippen molar-refractivity contribution in [1.29, 1.82) is 0 Å². The molecule has 0 saturated carbocycles. The van der Waals surface area contributed by atoms with Gasteiger partial charge in [0.05, 0.1) is 20.1 Å². The van der Waals surface area contributed by atoms with E-state index in [4.69, 9.17) is 16.2 Å². The highest BCUT2D eigenvalue weighted by Crippen LogP contribution is 2.29. The number of fused-ring (bicyclic) bond motifs is 1. The molecule has 2 amide bonds. The van der Waals surface area contributed by atoms with Gasteiger partial charge in [-0.25, -0.2) is 4.79 Å². The number of methoxy groups -OCH3 is 2. The molecule has 2 heterocycles. The molecular formula is C23H29N7O6. The Balaban J connectivity index is 1.63. The maximum atomic E-state index is 12.7. The van der Waals surface area contributed by atoms with Gasteiger partial charge < -0.3 is 36.5 Å². The summed E-state index contributed by atoms with van der Waals surface area (Å²) in [5, 5.41) is 5.31. The number of aromatic nitrogens is 2. The molecule has 192 valence electrons. The third-order valence-corrected chi connectivity index (χ3v) is 5.84. The monoisotopic (exact) mass is 499 g/mol. The molecule has 0 aliphatic carbocycles. The average molecular weight is 500 g/mol. The lowest BCUT2D eigenvalue weighted by atomic mass is 9.94. The summed E-state index contributed by atoms with van der Waals surface area (Å²) in [7, 11) is 4.26. The first-order chi connectivity index (χ1) is 17.1. The van der Waals surface area contributed by atoms with Crippen LogP contribution in [-0.2, 0) is 30.3 Å². The van der Waals surface area contributed by atoms with E-state index < -0.39 is 29.8 Å². The second-order valence-corrected chi connectivity index (χ2v) is 8.28. The second-order valence-electron chi connectivity index (χ2n) is 8.28. The van der Waals surface area contributed by atoms with E-state index in [0.29, 0.717) is 29.9 Å². The Labute approximate surface area is 207 Å². The van der Waals surface area contributed by atoms with E-state index in [0.717, 1.165) is 5.69 Å². The quantitative estimate of drug-likeness (QED) is 0.342. The van der Waals surface area contributed by atoms with Crippen molar-refractivity contribution < 1.29 is 28.7 Å². The summed E-state index contributed by atoms with van der Waals surface area (Å²) in [5.74, 6) is -1.72. The summed E-state index contributed by atoms with van der Waals surface area (Å²) < 4.78 is 9.29. The molecular weight excluding hydrogens is 470 g/mol. The number of nitrogens with two attached hydrogens (primary N) is 2. The van der Waals surface area contributed by atoms with Crippen LogP contribution in [0.15, 0.2) is 24.3 Å². The van der Waals surface area contributed by atoms with Crippen LogP contribution in [0.1, 0.15) is 28.8 Å². The summed E-state index contributed by atoms with van der Waals surface area (Å²) in [6.45, 7) is 0.374. The lowest BCUT2D eigenvalue weighted by molar-refractivity contribution is -0.144. The smallest absolute Gasteiger partial charge is 0.328 e. The molecule has 36 heavy (non-hydrogen) atoms. The lowest BCUT2D eigenvalue weighted by Gasteiger charge is -2.29. The van der Waals surface area contributed by atoms with Crippen molar-refractivity contribution in [3.8, 4) is 0 Å². The van der Waals surface area contributed by atoms with Crippen molar-refractivity contribution in [2.45, 2.75) is 25.3 Å². The summed E-state index contributed by atoms with van der Waals surface area (Å²) >= 11 is 0. The summed E-state index contributed by atoms with van der Waals surface area (Å²) in [5.41, 5.74) is 13.3. The average Bonchev–Trinajstić information content (AvgIpc) is 2.86. The van der Waals surface area contributed by atoms with Gasteiger partial charge in [-0.1, -0.05) is 0 Å². The summed E-state index contributed by atoms with van der Waals surface area (Å²) in [4.78, 5) is 58.5. The maximum absolute atomic E-state index is 12.7. The van der Waals surface area contributed by atoms with Crippen LogP contribution in [0, 0.1) is 5.92 Å². The van der Waals surface area contributed by atoms with Gasteiger partial charge in [0.2, 0.25) is 11.9 Å². The van der Waals surface area contributed by atoms with Crippen LogP contribution in [-0.4, -0.2) is 67.6 Å². The van der Waals surface area contributed by atoms with E-state index in [2.05, 4.69) is 25.3 Å². The highest BCUT2D eigenvalue weighted by atomic mass is 16.5. The molecule has 1 aromatic heterocycles. The largest absolute Gasteiger partial charge is 0.469 e. The fourth-order valence-electron chi connectivity index (χ4n) is 3.83. The minimum atomic E-state index is -0.997. The van der Waals surface area contributed by atoms with E-state index in [1.807, 2.05) is 11.9 Å². The van der Waals surface area contributed by atoms with Crippen molar-refractivity contribution in [2.24, 2.45) is 5.92 Å². The standard InChI is InChI=1S/C23H29N7O6/c1-30(11-13-10-15-18(24)27-23(25)29-19(15)28-21(13)33)14-6-4-12(5-7-14)20(32)26-16(22(34)36-3)8-9-17(31)35-2/h4-7,13,16H,8-11H2,1-3H3,(H,26,32)(H5,24,25,27,28,29,33)/t13?,16-/m0/s1. The first kappa shape index (κ1) is 26.2. The van der Waals surface area contributed by atoms with Crippen LogP contribution in [0.25, 0.3) is 0 Å². The molecule has 2 aromatic rings. The Hall–Kier alpha value is -4.42. The van der Waals surface area contributed by atoms with Gasteiger partial charge in [0.25, 0.3) is 5.91 Å². The highest BCUT2D eigenvalue weighted by molar-refractivity contribution is 5.97. The van der Waals surface area contributed by atoms with Crippen LogP contribution in [0.5, 0.6) is 0 Å². The number of carbonyl (C=O) groups is 4. The van der Waals surface area contributed by atoms with Crippen molar-refractivity contribution in [3.05, 3.63) is 35.4 Å². The first-order valence-electron chi connectivity index (χ1n) is 11.1. The molecule has 0 bridgehead atoms. The number of benzene rings is 1. The van der Waals surface area contributed by atoms with Crippen LogP contribution < -0.4 is 27.0 Å². The number of amides is 2. The molecule has 0 spiro atoms. The van der Waals surface area contributed by atoms with Gasteiger partial charge in [0.1, 0.15) is 17.7 Å². The van der Waals surface area contributed by atoms with Crippen molar-refractivity contribution in [1.82, 2.24) is 15.3 Å². The first-order valence-corrected chi connectivity index (χ1v) is 11.1. The number of nitrogen functional groups attached to an aromatic ring is 2. The molecule has 1 unspecified atom stereocenters. The normalized spacial score (nSPS) is 15.2. The van der Waals surface area contributed by atoms with E-state index in [9.17, 15) is 19.2 Å². The Morgan fingerprint density at radius 1 is 1.17 bits per heavy atom. The number of esters is 2. The van der Waals surface area contributed by atoms with Crippen LogP contribution >= 0.6 is 0 Å². The topological polar surface area (TPSA) is 192 Å². The number of nitrogens with one attached hydrogen (secondary N) is 2. The van der Waals surface area contributed by atoms with Crippen LogP contribution in [0.4, 0.5) is 23.3 Å². The lowest BCUT2D eigenvalue weighted by Crippen LogP contribution is -2.42. The van der Waals surface area contributed by atoms with Crippen molar-refractivity contribution in [2.75, 3.05) is 49.5 Å². The number of hydrogen-bond donors (Lipinski definition) is 4. The summed E-state index contributed by atoms with van der Waals surface area (Å²) in [6, 6.07) is 5.65. The summed E-state index contributed by atoms with van der Waals surface area (Å²) in [6.07, 6.45) is 0.351. The number of anilines is 4.